The first-order valence-corrected chi connectivity index (χ1v) is 9.74. The lowest BCUT2D eigenvalue weighted by atomic mass is 10.00. The SMILES string of the molecule is CCn1nc(C)c(C)c1-c1c(Cl)ccc2c(CCC(=O)OC)c(C(=O)OC)[nH]c12. The number of nitrogens with one attached hydrogen (secondary N) is 1. The summed E-state index contributed by atoms with van der Waals surface area (Å²) in [6, 6.07) is 3.66. The van der Waals surface area contributed by atoms with Crippen molar-refractivity contribution in [3.8, 4) is 11.3 Å². The molecule has 0 spiro atoms. The summed E-state index contributed by atoms with van der Waals surface area (Å²) in [4.78, 5) is 27.3. The molecule has 3 aromatic rings. The number of aromatic nitrogens is 3. The van der Waals surface area contributed by atoms with Gasteiger partial charge in [0.2, 0.25) is 0 Å². The van der Waals surface area contributed by atoms with Crippen molar-refractivity contribution in [2.45, 2.75) is 40.2 Å². The molecule has 0 atom stereocenters. The Morgan fingerprint density at radius 1 is 1.21 bits per heavy atom. The first kappa shape index (κ1) is 20.9. The van der Waals surface area contributed by atoms with E-state index in [0.29, 0.717) is 29.2 Å². The largest absolute Gasteiger partial charge is 0.469 e. The maximum absolute atomic E-state index is 12.4. The van der Waals surface area contributed by atoms with Gasteiger partial charge >= 0.3 is 11.9 Å². The third kappa shape index (κ3) is 3.62. The highest BCUT2D eigenvalue weighted by Crippen LogP contribution is 2.39. The van der Waals surface area contributed by atoms with Crippen LogP contribution in [0.25, 0.3) is 22.2 Å². The smallest absolute Gasteiger partial charge is 0.354 e. The van der Waals surface area contributed by atoms with E-state index in [1.54, 1.807) is 6.07 Å². The van der Waals surface area contributed by atoms with Crippen LogP contribution in [0.5, 0.6) is 0 Å². The van der Waals surface area contributed by atoms with E-state index in [0.717, 1.165) is 33.4 Å². The zero-order valence-electron chi connectivity index (χ0n) is 17.2. The van der Waals surface area contributed by atoms with Gasteiger partial charge in [0.1, 0.15) is 5.69 Å². The first-order chi connectivity index (χ1) is 13.8. The maximum Gasteiger partial charge on any atom is 0.354 e. The molecule has 2 heterocycles. The zero-order valence-corrected chi connectivity index (χ0v) is 17.9. The Morgan fingerprint density at radius 3 is 2.55 bits per heavy atom. The van der Waals surface area contributed by atoms with Crippen molar-refractivity contribution in [2.75, 3.05) is 14.2 Å². The molecule has 154 valence electrons. The highest BCUT2D eigenvalue weighted by Gasteiger charge is 2.25. The number of benzene rings is 1. The second kappa shape index (κ2) is 8.29. The van der Waals surface area contributed by atoms with E-state index in [4.69, 9.17) is 21.1 Å². The Morgan fingerprint density at radius 2 is 1.93 bits per heavy atom. The Bertz CT molecular complexity index is 1100. The number of aryl methyl sites for hydroxylation is 3. The summed E-state index contributed by atoms with van der Waals surface area (Å²) >= 11 is 6.62. The minimum atomic E-state index is -0.500. The highest BCUT2D eigenvalue weighted by molar-refractivity contribution is 6.35. The molecule has 3 rings (SSSR count). The fourth-order valence-electron chi connectivity index (χ4n) is 3.61. The predicted molar refractivity (Wildman–Crippen MR) is 111 cm³/mol. The molecule has 2 aromatic heterocycles. The fraction of sp³-hybridized carbons (Fsp3) is 0.381. The molecule has 0 saturated heterocycles. The second-order valence-electron chi connectivity index (χ2n) is 6.77. The molecule has 0 unspecified atom stereocenters. The van der Waals surface area contributed by atoms with E-state index in [1.807, 2.05) is 31.5 Å². The maximum atomic E-state index is 12.4. The van der Waals surface area contributed by atoms with Gasteiger partial charge in [-0.05, 0) is 44.4 Å². The first-order valence-electron chi connectivity index (χ1n) is 9.36. The number of methoxy groups -OCH3 is 2. The number of ether oxygens (including phenoxy) is 2. The minimum absolute atomic E-state index is 0.149. The number of hydrogen-bond acceptors (Lipinski definition) is 5. The van der Waals surface area contributed by atoms with E-state index in [-0.39, 0.29) is 12.4 Å². The quantitative estimate of drug-likeness (QED) is 0.607. The van der Waals surface area contributed by atoms with Gasteiger partial charge < -0.3 is 14.5 Å². The average molecular weight is 418 g/mol. The van der Waals surface area contributed by atoms with Crippen LogP contribution in [0.4, 0.5) is 0 Å². The number of esters is 2. The molecular weight excluding hydrogens is 394 g/mol. The van der Waals surface area contributed by atoms with Crippen LogP contribution in [-0.2, 0) is 27.2 Å². The van der Waals surface area contributed by atoms with Crippen molar-refractivity contribution in [1.82, 2.24) is 14.8 Å². The van der Waals surface area contributed by atoms with Crippen molar-refractivity contribution < 1.29 is 19.1 Å². The summed E-state index contributed by atoms with van der Waals surface area (Å²) in [5.41, 5.74) is 5.35. The summed E-state index contributed by atoms with van der Waals surface area (Å²) in [5.74, 6) is -0.847. The van der Waals surface area contributed by atoms with Gasteiger partial charge in [0.15, 0.2) is 0 Å². The summed E-state index contributed by atoms with van der Waals surface area (Å²) in [7, 11) is 2.67. The number of halogens is 1. The van der Waals surface area contributed by atoms with Crippen LogP contribution >= 0.6 is 11.6 Å². The normalized spacial score (nSPS) is 11.1. The topological polar surface area (TPSA) is 86.2 Å². The number of rotatable bonds is 6. The van der Waals surface area contributed by atoms with Crippen LogP contribution in [0, 0.1) is 13.8 Å². The number of carbonyl (C=O) groups excluding carboxylic acids is 2. The van der Waals surface area contributed by atoms with Crippen LogP contribution in [0.2, 0.25) is 5.02 Å². The average Bonchev–Trinajstić information content (AvgIpc) is 3.23. The van der Waals surface area contributed by atoms with Crippen molar-refractivity contribution in [3.63, 3.8) is 0 Å². The fourth-order valence-corrected chi connectivity index (χ4v) is 3.85. The van der Waals surface area contributed by atoms with E-state index < -0.39 is 5.97 Å². The Hall–Kier alpha value is -2.80. The summed E-state index contributed by atoms with van der Waals surface area (Å²) < 4.78 is 11.6. The third-order valence-corrected chi connectivity index (χ3v) is 5.51. The van der Waals surface area contributed by atoms with Gasteiger partial charge in [-0.1, -0.05) is 17.7 Å². The molecule has 0 fully saturated rings. The van der Waals surface area contributed by atoms with Crippen molar-refractivity contribution >= 4 is 34.4 Å². The summed E-state index contributed by atoms with van der Waals surface area (Å²) in [5, 5.41) is 5.96. The molecular formula is C21H24ClN3O4. The summed E-state index contributed by atoms with van der Waals surface area (Å²) in [6.45, 7) is 6.65. The molecule has 1 N–H and O–H groups in total. The van der Waals surface area contributed by atoms with Gasteiger partial charge in [0.25, 0.3) is 0 Å². The summed E-state index contributed by atoms with van der Waals surface area (Å²) in [6.07, 6.45) is 0.486. The molecule has 0 saturated carbocycles. The number of aromatic amines is 1. The molecule has 0 radical (unpaired) electrons. The van der Waals surface area contributed by atoms with Crippen molar-refractivity contribution in [2.24, 2.45) is 0 Å². The van der Waals surface area contributed by atoms with Gasteiger partial charge in [-0.25, -0.2) is 4.79 Å². The third-order valence-electron chi connectivity index (χ3n) is 5.19. The van der Waals surface area contributed by atoms with Gasteiger partial charge in [-0.15, -0.1) is 0 Å². The lowest BCUT2D eigenvalue weighted by Gasteiger charge is -2.10. The molecule has 8 heteroatoms. The monoisotopic (exact) mass is 417 g/mol. The lowest BCUT2D eigenvalue weighted by Crippen LogP contribution is -2.07. The highest BCUT2D eigenvalue weighted by atomic mass is 35.5. The van der Waals surface area contributed by atoms with E-state index in [1.165, 1.54) is 14.2 Å². The molecule has 7 nitrogen and oxygen atoms in total. The Labute approximate surface area is 173 Å². The number of fused-ring (bicyclic) bond motifs is 1. The van der Waals surface area contributed by atoms with Gasteiger partial charge in [0, 0.05) is 23.9 Å². The van der Waals surface area contributed by atoms with E-state index in [2.05, 4.69) is 10.1 Å². The Kier molecular flexibility index (Phi) is 5.98. The lowest BCUT2D eigenvalue weighted by molar-refractivity contribution is -0.140. The molecule has 1 aromatic carbocycles. The molecule has 29 heavy (non-hydrogen) atoms. The zero-order chi connectivity index (χ0) is 21.3. The number of hydrogen-bond donors (Lipinski definition) is 1. The van der Waals surface area contributed by atoms with Crippen molar-refractivity contribution in [3.05, 3.63) is 39.7 Å². The van der Waals surface area contributed by atoms with E-state index >= 15 is 0 Å². The number of H-pyrrole nitrogens is 1. The second-order valence-corrected chi connectivity index (χ2v) is 7.17. The van der Waals surface area contributed by atoms with E-state index in [9.17, 15) is 9.59 Å². The van der Waals surface area contributed by atoms with Crippen LogP contribution in [-0.4, -0.2) is 40.9 Å². The molecule has 0 aliphatic carbocycles. The Balaban J connectivity index is 2.31. The standard InChI is InChI=1S/C21H24ClN3O4/c1-6-25-20(11(2)12(3)24-25)17-15(22)9-7-13-14(8-10-16(26)28-4)19(21(27)29-5)23-18(13)17/h7,9,23H,6,8,10H2,1-5H3. The van der Waals surface area contributed by atoms with Crippen LogP contribution < -0.4 is 0 Å². The molecule has 0 aliphatic heterocycles. The molecule has 0 bridgehead atoms. The predicted octanol–water partition coefficient (Wildman–Crippen LogP) is 4.21. The van der Waals surface area contributed by atoms with Crippen LogP contribution in [0.3, 0.4) is 0 Å². The van der Waals surface area contributed by atoms with Gasteiger partial charge in [-0.2, -0.15) is 5.10 Å². The number of nitrogens with zero attached hydrogens (tertiary/aromatic N) is 2. The molecule has 0 amide bonds. The van der Waals surface area contributed by atoms with Gasteiger partial charge in [0.05, 0.1) is 36.1 Å². The minimum Gasteiger partial charge on any atom is -0.469 e. The van der Waals surface area contributed by atoms with Crippen molar-refractivity contribution in [1.29, 1.82) is 0 Å². The van der Waals surface area contributed by atoms with Gasteiger partial charge in [-0.3, -0.25) is 9.48 Å². The number of carbonyl (C=O) groups is 2. The van der Waals surface area contributed by atoms with Crippen LogP contribution in [0.1, 0.15) is 40.7 Å². The van der Waals surface area contributed by atoms with Crippen LogP contribution in [0.15, 0.2) is 12.1 Å². The molecule has 0 aliphatic rings.